The van der Waals surface area contributed by atoms with Crippen molar-refractivity contribution < 1.29 is 0 Å². The van der Waals surface area contributed by atoms with Gasteiger partial charge in [-0.3, -0.25) is 0 Å². The molecule has 0 atom stereocenters. The van der Waals surface area contributed by atoms with Crippen molar-refractivity contribution in [1.82, 2.24) is 14.6 Å². The molecule has 0 fully saturated rings. The van der Waals surface area contributed by atoms with Crippen LogP contribution in [0.15, 0.2) is 41.0 Å². The first-order chi connectivity index (χ1) is 10.6. The van der Waals surface area contributed by atoms with Crippen molar-refractivity contribution in [2.24, 2.45) is 5.92 Å². The molecule has 2 heterocycles. The van der Waals surface area contributed by atoms with Crippen molar-refractivity contribution in [2.45, 2.75) is 13.8 Å². The Morgan fingerprint density at radius 3 is 2.82 bits per heavy atom. The minimum absolute atomic E-state index is 0.533. The fourth-order valence-corrected chi connectivity index (χ4v) is 2.76. The van der Waals surface area contributed by atoms with Crippen LogP contribution in [0.5, 0.6) is 0 Å². The summed E-state index contributed by atoms with van der Waals surface area (Å²) in [5, 5.41) is 8.48. The molecule has 4 nitrogen and oxygen atoms in total. The summed E-state index contributed by atoms with van der Waals surface area (Å²) in [5.74, 6) is 1.44. The highest BCUT2D eigenvalue weighted by atomic mass is 79.9. The summed E-state index contributed by atoms with van der Waals surface area (Å²) in [4.78, 5) is 4.68. The predicted octanol–water partition coefficient (Wildman–Crippen LogP) is 4.88. The van der Waals surface area contributed by atoms with E-state index >= 15 is 0 Å². The molecule has 114 valence electrons. The third kappa shape index (κ3) is 2.96. The summed E-state index contributed by atoms with van der Waals surface area (Å²) in [7, 11) is 0. The molecule has 0 saturated carbocycles. The topological polar surface area (TPSA) is 42.2 Å². The van der Waals surface area contributed by atoms with E-state index in [-0.39, 0.29) is 0 Å². The van der Waals surface area contributed by atoms with Gasteiger partial charge < -0.3 is 5.32 Å². The van der Waals surface area contributed by atoms with E-state index in [0.29, 0.717) is 10.9 Å². The molecule has 0 spiro atoms. The smallest absolute Gasteiger partial charge is 0.172 e. The van der Waals surface area contributed by atoms with Gasteiger partial charge in [-0.05, 0) is 27.9 Å². The van der Waals surface area contributed by atoms with E-state index in [4.69, 9.17) is 11.6 Å². The molecule has 2 aromatic heterocycles. The van der Waals surface area contributed by atoms with Crippen LogP contribution in [-0.4, -0.2) is 21.1 Å². The van der Waals surface area contributed by atoms with Crippen LogP contribution >= 0.6 is 27.5 Å². The zero-order valence-electron chi connectivity index (χ0n) is 12.3. The first-order valence-corrected chi connectivity index (χ1v) is 8.26. The van der Waals surface area contributed by atoms with Gasteiger partial charge in [0.15, 0.2) is 5.65 Å². The largest absolute Gasteiger partial charge is 0.370 e. The normalized spacial score (nSPS) is 11.3. The lowest BCUT2D eigenvalue weighted by molar-refractivity contribution is 0.684. The van der Waals surface area contributed by atoms with Gasteiger partial charge in [0, 0.05) is 23.2 Å². The van der Waals surface area contributed by atoms with E-state index in [1.165, 1.54) is 0 Å². The van der Waals surface area contributed by atoms with Crippen LogP contribution in [0.1, 0.15) is 13.8 Å². The fraction of sp³-hybridized carbons (Fsp3) is 0.250. The number of nitrogens with zero attached hydrogens (tertiary/aromatic N) is 3. The van der Waals surface area contributed by atoms with E-state index < -0.39 is 0 Å². The molecule has 22 heavy (non-hydrogen) atoms. The minimum atomic E-state index is 0.533. The number of nitrogens with one attached hydrogen (secondary N) is 1. The monoisotopic (exact) mass is 378 g/mol. The second-order valence-corrected chi connectivity index (χ2v) is 6.77. The minimum Gasteiger partial charge on any atom is -0.370 e. The van der Waals surface area contributed by atoms with E-state index in [1.807, 2.05) is 30.3 Å². The summed E-state index contributed by atoms with van der Waals surface area (Å²) in [6, 6.07) is 9.69. The highest BCUT2D eigenvalue weighted by molar-refractivity contribution is 9.10. The third-order valence-electron chi connectivity index (χ3n) is 3.27. The quantitative estimate of drug-likeness (QED) is 0.702. The van der Waals surface area contributed by atoms with Gasteiger partial charge in [-0.15, -0.1) is 0 Å². The van der Waals surface area contributed by atoms with Gasteiger partial charge >= 0.3 is 0 Å². The van der Waals surface area contributed by atoms with Gasteiger partial charge in [-0.2, -0.15) is 9.61 Å². The molecule has 0 aliphatic heterocycles. The number of benzene rings is 1. The molecule has 6 heteroatoms. The maximum atomic E-state index is 6.31. The summed E-state index contributed by atoms with van der Waals surface area (Å²) in [5.41, 5.74) is 2.50. The van der Waals surface area contributed by atoms with Crippen molar-refractivity contribution in [2.75, 3.05) is 11.9 Å². The standard InChI is InChI=1S/C16H16BrClN4/c1-10(2)8-19-15-7-14(11-5-3-4-6-13(11)18)21-16-12(17)9-20-22(15)16/h3-7,9-10,19H,8H2,1-2H3. The number of hydrogen-bond donors (Lipinski definition) is 1. The summed E-state index contributed by atoms with van der Waals surface area (Å²) in [6.45, 7) is 5.19. The molecule has 0 aliphatic carbocycles. The Labute approximate surface area is 142 Å². The average Bonchev–Trinajstić information content (AvgIpc) is 2.87. The first kappa shape index (κ1) is 15.3. The zero-order valence-corrected chi connectivity index (χ0v) is 14.7. The Hall–Kier alpha value is -1.59. The second-order valence-electron chi connectivity index (χ2n) is 5.51. The van der Waals surface area contributed by atoms with E-state index in [2.05, 4.69) is 45.2 Å². The molecule has 3 rings (SSSR count). The van der Waals surface area contributed by atoms with Crippen molar-refractivity contribution in [3.05, 3.63) is 46.0 Å². The fourth-order valence-electron chi connectivity index (χ4n) is 2.18. The molecule has 0 amide bonds. The highest BCUT2D eigenvalue weighted by Gasteiger charge is 2.13. The average molecular weight is 380 g/mol. The van der Waals surface area contributed by atoms with Gasteiger partial charge in [0.2, 0.25) is 0 Å². The number of fused-ring (bicyclic) bond motifs is 1. The maximum Gasteiger partial charge on any atom is 0.172 e. The van der Waals surface area contributed by atoms with Crippen molar-refractivity contribution in [1.29, 1.82) is 0 Å². The van der Waals surface area contributed by atoms with Gasteiger partial charge in [0.25, 0.3) is 0 Å². The van der Waals surface area contributed by atoms with Crippen LogP contribution in [-0.2, 0) is 0 Å². The van der Waals surface area contributed by atoms with Gasteiger partial charge in [-0.1, -0.05) is 43.6 Å². The molecule has 0 aliphatic rings. The molecular weight excluding hydrogens is 364 g/mol. The van der Waals surface area contributed by atoms with E-state index in [0.717, 1.165) is 33.7 Å². The molecule has 0 saturated heterocycles. The van der Waals surface area contributed by atoms with E-state index in [9.17, 15) is 0 Å². The summed E-state index contributed by atoms with van der Waals surface area (Å²) >= 11 is 9.81. The Morgan fingerprint density at radius 2 is 2.09 bits per heavy atom. The van der Waals surface area contributed by atoms with Crippen LogP contribution in [0.3, 0.4) is 0 Å². The Bertz CT molecular complexity index is 813. The van der Waals surface area contributed by atoms with Crippen LogP contribution < -0.4 is 5.32 Å². The lowest BCUT2D eigenvalue weighted by Crippen LogP contribution is -2.12. The molecule has 1 aromatic carbocycles. The molecule has 0 bridgehead atoms. The third-order valence-corrected chi connectivity index (χ3v) is 4.16. The molecule has 3 aromatic rings. The SMILES string of the molecule is CC(C)CNc1cc(-c2ccccc2Cl)nc2c(Br)cnn12. The lowest BCUT2D eigenvalue weighted by Gasteiger charge is -2.13. The summed E-state index contributed by atoms with van der Waals surface area (Å²) < 4.78 is 2.65. The van der Waals surface area contributed by atoms with Crippen LogP contribution in [0.25, 0.3) is 16.9 Å². The number of hydrogen-bond acceptors (Lipinski definition) is 3. The number of halogens is 2. The lowest BCUT2D eigenvalue weighted by atomic mass is 10.1. The number of aromatic nitrogens is 3. The van der Waals surface area contributed by atoms with Crippen molar-refractivity contribution in [3.8, 4) is 11.3 Å². The second kappa shape index (κ2) is 6.26. The van der Waals surface area contributed by atoms with Gasteiger partial charge in [0.1, 0.15) is 5.82 Å². The van der Waals surface area contributed by atoms with Crippen molar-refractivity contribution >= 4 is 39.0 Å². The Morgan fingerprint density at radius 1 is 1.32 bits per heavy atom. The molecular formula is C16H16BrClN4. The van der Waals surface area contributed by atoms with Crippen LogP contribution in [0.2, 0.25) is 5.02 Å². The first-order valence-electron chi connectivity index (χ1n) is 7.09. The predicted molar refractivity (Wildman–Crippen MR) is 94.5 cm³/mol. The van der Waals surface area contributed by atoms with Crippen molar-refractivity contribution in [3.63, 3.8) is 0 Å². The molecule has 0 unspecified atom stereocenters. The molecule has 1 N–H and O–H groups in total. The maximum absolute atomic E-state index is 6.31. The van der Waals surface area contributed by atoms with Crippen LogP contribution in [0.4, 0.5) is 5.82 Å². The Kier molecular flexibility index (Phi) is 4.36. The number of rotatable bonds is 4. The highest BCUT2D eigenvalue weighted by Crippen LogP contribution is 2.30. The van der Waals surface area contributed by atoms with Crippen LogP contribution in [0, 0.1) is 5.92 Å². The van der Waals surface area contributed by atoms with Gasteiger partial charge in [-0.25, -0.2) is 4.98 Å². The zero-order chi connectivity index (χ0) is 15.7. The Balaban J connectivity index is 2.15. The summed E-state index contributed by atoms with van der Waals surface area (Å²) in [6.07, 6.45) is 1.75. The van der Waals surface area contributed by atoms with E-state index in [1.54, 1.807) is 10.7 Å². The molecule has 0 radical (unpaired) electrons. The number of anilines is 1. The van der Waals surface area contributed by atoms with Gasteiger partial charge in [0.05, 0.1) is 16.4 Å².